The molecule has 1 N–H and O–H groups in total. The minimum atomic E-state index is -3.09. The first kappa shape index (κ1) is 11.6. The van der Waals surface area contributed by atoms with Crippen LogP contribution in [0.5, 0.6) is 0 Å². The summed E-state index contributed by atoms with van der Waals surface area (Å²) in [6, 6.07) is 2.73. The van der Waals surface area contributed by atoms with Crippen LogP contribution in [0.1, 0.15) is 16.8 Å². The van der Waals surface area contributed by atoms with E-state index in [4.69, 9.17) is 0 Å². The van der Waals surface area contributed by atoms with Crippen molar-refractivity contribution in [1.29, 1.82) is 0 Å². The van der Waals surface area contributed by atoms with Gasteiger partial charge in [-0.25, -0.2) is 8.78 Å². The predicted octanol–water partition coefficient (Wildman–Crippen LogP) is 0.867. The summed E-state index contributed by atoms with van der Waals surface area (Å²) in [6.45, 7) is 0. The van der Waals surface area contributed by atoms with Gasteiger partial charge in [0.15, 0.2) is 0 Å². The van der Waals surface area contributed by atoms with E-state index in [1.807, 2.05) is 0 Å². The number of pyridine rings is 1. The molecule has 7 heteroatoms. The van der Waals surface area contributed by atoms with Crippen LogP contribution in [0.25, 0.3) is 0 Å². The third kappa shape index (κ3) is 1.89. The highest BCUT2D eigenvalue weighted by Crippen LogP contribution is 2.29. The summed E-state index contributed by atoms with van der Waals surface area (Å²) in [4.78, 5) is 15.6. The molecule has 2 heterocycles. The topological polar surface area (TPSA) is 65.8 Å². The van der Waals surface area contributed by atoms with Gasteiger partial charge in [0.2, 0.25) is 5.72 Å². The molecule has 5 nitrogen and oxygen atoms in total. The number of nitrogens with zero attached hydrogens (tertiary/aromatic N) is 3. The van der Waals surface area contributed by atoms with Gasteiger partial charge < -0.3 is 5.11 Å². The Kier molecular flexibility index (Phi) is 2.84. The van der Waals surface area contributed by atoms with Crippen LogP contribution < -0.4 is 0 Å². The molecule has 1 aliphatic rings. The maximum atomic E-state index is 12.7. The summed E-state index contributed by atoms with van der Waals surface area (Å²) in [7, 11) is 0. The Labute approximate surface area is 95.4 Å². The third-order valence-electron chi connectivity index (χ3n) is 2.42. The Morgan fingerprint density at radius 2 is 2.12 bits per heavy atom. The number of alkyl halides is 2. The number of halogens is 2. The van der Waals surface area contributed by atoms with Crippen molar-refractivity contribution in [3.63, 3.8) is 0 Å². The van der Waals surface area contributed by atoms with Gasteiger partial charge in [0.1, 0.15) is 0 Å². The fourth-order valence-corrected chi connectivity index (χ4v) is 1.47. The van der Waals surface area contributed by atoms with E-state index in [0.717, 1.165) is 6.21 Å². The highest BCUT2D eigenvalue weighted by Gasteiger charge is 2.49. The molecule has 0 fully saturated rings. The van der Waals surface area contributed by atoms with Crippen LogP contribution >= 0.6 is 0 Å². The van der Waals surface area contributed by atoms with E-state index in [-0.39, 0.29) is 12.0 Å². The summed E-state index contributed by atoms with van der Waals surface area (Å²) in [6.07, 6.45) is 0.325. The van der Waals surface area contributed by atoms with Crippen LogP contribution in [0.15, 0.2) is 29.6 Å². The molecular weight excluding hydrogens is 232 g/mol. The molecule has 0 unspecified atom stereocenters. The molecule has 0 saturated heterocycles. The summed E-state index contributed by atoms with van der Waals surface area (Å²) in [5.41, 5.74) is -2.42. The average Bonchev–Trinajstić information content (AvgIpc) is 2.73. The van der Waals surface area contributed by atoms with Gasteiger partial charge in [-0.1, -0.05) is 0 Å². The van der Waals surface area contributed by atoms with Crippen LogP contribution in [0.3, 0.4) is 0 Å². The smallest absolute Gasteiger partial charge is 0.287 e. The van der Waals surface area contributed by atoms with Crippen LogP contribution in [0, 0.1) is 0 Å². The number of hydrogen-bond donors (Lipinski definition) is 1. The number of amides is 1. The lowest BCUT2D eigenvalue weighted by molar-refractivity contribution is -0.164. The average molecular weight is 241 g/mol. The molecular formula is C10H9F2N3O2. The Balaban J connectivity index is 2.29. The number of aromatic nitrogens is 1. The van der Waals surface area contributed by atoms with Crippen molar-refractivity contribution < 1.29 is 18.7 Å². The molecule has 1 aromatic rings. The highest BCUT2D eigenvalue weighted by molar-refractivity contribution is 5.95. The Morgan fingerprint density at radius 3 is 2.71 bits per heavy atom. The fourth-order valence-electron chi connectivity index (χ4n) is 1.47. The molecule has 90 valence electrons. The first-order chi connectivity index (χ1) is 8.05. The Hall–Kier alpha value is -1.89. The van der Waals surface area contributed by atoms with Crippen molar-refractivity contribution in [2.45, 2.75) is 18.6 Å². The second-order valence-corrected chi connectivity index (χ2v) is 3.53. The van der Waals surface area contributed by atoms with Crippen LogP contribution in [0.4, 0.5) is 8.78 Å². The molecule has 1 aliphatic heterocycles. The second kappa shape index (κ2) is 4.17. The quantitative estimate of drug-likeness (QED) is 0.835. The summed E-state index contributed by atoms with van der Waals surface area (Å²) >= 11 is 0. The highest BCUT2D eigenvalue weighted by atomic mass is 19.3. The molecule has 1 aromatic heterocycles. The lowest BCUT2D eigenvalue weighted by Crippen LogP contribution is -2.51. The molecule has 0 aliphatic carbocycles. The number of carbonyl (C=O) groups excluding carboxylic acids is 1. The van der Waals surface area contributed by atoms with Crippen molar-refractivity contribution in [3.05, 3.63) is 30.1 Å². The molecule has 0 bridgehead atoms. The van der Waals surface area contributed by atoms with Crippen LogP contribution in [-0.2, 0) is 0 Å². The SMILES string of the molecule is O=C(c1ccncc1)N1N=CC[C@@]1(O)C(F)F. The molecule has 0 radical (unpaired) electrons. The molecule has 0 spiro atoms. The summed E-state index contributed by atoms with van der Waals surface area (Å²) in [5.74, 6) is -0.788. The van der Waals surface area contributed by atoms with E-state index in [1.165, 1.54) is 24.5 Å². The minimum Gasteiger partial charge on any atom is -0.364 e. The normalized spacial score (nSPS) is 23.4. The summed E-state index contributed by atoms with van der Waals surface area (Å²) < 4.78 is 25.4. The number of hydrazone groups is 1. The zero-order valence-corrected chi connectivity index (χ0v) is 8.62. The number of aliphatic hydroxyl groups is 1. The lowest BCUT2D eigenvalue weighted by Gasteiger charge is -2.29. The van der Waals surface area contributed by atoms with E-state index in [9.17, 15) is 18.7 Å². The Bertz CT molecular complexity index is 452. The van der Waals surface area contributed by atoms with Crippen molar-refractivity contribution in [2.24, 2.45) is 5.10 Å². The zero-order chi connectivity index (χ0) is 12.5. The predicted molar refractivity (Wildman–Crippen MR) is 54.5 cm³/mol. The molecule has 17 heavy (non-hydrogen) atoms. The summed E-state index contributed by atoms with van der Waals surface area (Å²) in [5, 5.41) is 13.6. The van der Waals surface area contributed by atoms with E-state index in [1.54, 1.807) is 0 Å². The van der Waals surface area contributed by atoms with E-state index in [0.29, 0.717) is 5.01 Å². The Morgan fingerprint density at radius 1 is 1.47 bits per heavy atom. The van der Waals surface area contributed by atoms with Crippen LogP contribution in [0.2, 0.25) is 0 Å². The maximum Gasteiger partial charge on any atom is 0.287 e. The first-order valence-electron chi connectivity index (χ1n) is 4.83. The molecule has 1 amide bonds. The van der Waals surface area contributed by atoms with Gasteiger partial charge in [-0.2, -0.15) is 10.1 Å². The third-order valence-corrected chi connectivity index (χ3v) is 2.42. The van der Waals surface area contributed by atoms with Gasteiger partial charge in [-0.15, -0.1) is 0 Å². The van der Waals surface area contributed by atoms with E-state index < -0.39 is 18.1 Å². The molecule has 2 rings (SSSR count). The molecule has 0 saturated carbocycles. The van der Waals surface area contributed by atoms with Gasteiger partial charge in [0.05, 0.1) is 0 Å². The van der Waals surface area contributed by atoms with E-state index >= 15 is 0 Å². The molecule has 0 aromatic carbocycles. The maximum absolute atomic E-state index is 12.7. The standard InChI is InChI=1S/C10H9F2N3O2/c11-9(12)10(17)3-6-14-15(10)8(16)7-1-4-13-5-2-7/h1-2,4-6,9,17H,3H2/t10-/m1/s1. The largest absolute Gasteiger partial charge is 0.364 e. The van der Waals surface area contributed by atoms with Crippen molar-refractivity contribution in [3.8, 4) is 0 Å². The van der Waals surface area contributed by atoms with Gasteiger partial charge >= 0.3 is 0 Å². The van der Waals surface area contributed by atoms with Gasteiger partial charge in [0, 0.05) is 30.6 Å². The minimum absolute atomic E-state index is 0.137. The zero-order valence-electron chi connectivity index (χ0n) is 8.62. The van der Waals surface area contributed by atoms with Gasteiger partial charge in [0.25, 0.3) is 12.3 Å². The number of hydrogen-bond acceptors (Lipinski definition) is 4. The fraction of sp³-hybridized carbons (Fsp3) is 0.300. The van der Waals surface area contributed by atoms with Gasteiger partial charge in [-0.3, -0.25) is 9.78 Å². The van der Waals surface area contributed by atoms with Gasteiger partial charge in [-0.05, 0) is 12.1 Å². The first-order valence-corrected chi connectivity index (χ1v) is 4.83. The number of rotatable bonds is 2. The number of carbonyl (C=O) groups is 1. The monoisotopic (exact) mass is 241 g/mol. The van der Waals surface area contributed by atoms with E-state index in [2.05, 4.69) is 10.1 Å². The second-order valence-electron chi connectivity index (χ2n) is 3.53. The lowest BCUT2D eigenvalue weighted by atomic mass is 10.1. The van der Waals surface area contributed by atoms with Crippen LogP contribution in [-0.4, -0.2) is 39.4 Å². The van der Waals surface area contributed by atoms with Crippen molar-refractivity contribution in [2.75, 3.05) is 0 Å². The molecule has 1 atom stereocenters. The van der Waals surface area contributed by atoms with Crippen molar-refractivity contribution >= 4 is 12.1 Å². The van der Waals surface area contributed by atoms with Crippen molar-refractivity contribution in [1.82, 2.24) is 9.99 Å².